The number of rotatable bonds is 4. The van der Waals surface area contributed by atoms with Crippen LogP contribution in [-0.2, 0) is 0 Å². The Bertz CT molecular complexity index is 2920. The van der Waals surface area contributed by atoms with Gasteiger partial charge in [0.2, 0.25) is 0 Å². The van der Waals surface area contributed by atoms with Crippen LogP contribution < -0.4 is 0 Å². The summed E-state index contributed by atoms with van der Waals surface area (Å²) in [5, 5.41) is 8.47. The first-order valence-electron chi connectivity index (χ1n) is 17.7. The molecular weight excluding hydrogens is 593 g/mol. The number of benzene rings is 9. The van der Waals surface area contributed by atoms with Crippen LogP contribution in [0.5, 0.6) is 0 Å². The van der Waals surface area contributed by atoms with Crippen molar-refractivity contribution >= 4 is 54.3 Å². The number of fused-ring (bicyclic) bond motifs is 7. The molecule has 0 amide bonds. The largest absolute Gasteiger partial charge is 0.456 e. The van der Waals surface area contributed by atoms with E-state index in [9.17, 15) is 0 Å². The zero-order valence-corrected chi connectivity index (χ0v) is 26.6. The van der Waals surface area contributed by atoms with Gasteiger partial charge in [-0.05, 0) is 101 Å². The topological polar surface area (TPSA) is 13.1 Å². The molecule has 0 aliphatic heterocycles. The van der Waals surface area contributed by atoms with E-state index in [0.29, 0.717) is 5.58 Å². The van der Waals surface area contributed by atoms with Crippen molar-refractivity contribution < 1.29 is 7.16 Å². The van der Waals surface area contributed by atoms with Gasteiger partial charge < -0.3 is 4.42 Å². The number of hydrogen-bond acceptors (Lipinski definition) is 1. The van der Waals surface area contributed by atoms with Crippen LogP contribution in [0.15, 0.2) is 186 Å². The third-order valence-electron chi connectivity index (χ3n) is 9.89. The lowest BCUT2D eigenvalue weighted by atomic mass is 9.85. The molecule has 1 nitrogen and oxygen atoms in total. The van der Waals surface area contributed by atoms with Crippen LogP contribution in [0.1, 0.15) is 2.74 Å². The lowest BCUT2D eigenvalue weighted by Gasteiger charge is -2.18. The monoisotopic (exact) mass is 624 g/mol. The Morgan fingerprint density at radius 3 is 1.55 bits per heavy atom. The highest BCUT2D eigenvalue weighted by Crippen LogP contribution is 2.45. The third kappa shape index (κ3) is 4.47. The Labute approximate surface area is 287 Å². The molecule has 9 aromatic carbocycles. The fourth-order valence-electron chi connectivity index (χ4n) is 7.63. The summed E-state index contributed by atoms with van der Waals surface area (Å²) in [5.41, 5.74) is 10.6. The maximum Gasteiger partial charge on any atom is 0.136 e. The second-order valence-electron chi connectivity index (χ2n) is 12.7. The average Bonchev–Trinajstić information content (AvgIpc) is 3.59. The lowest BCUT2D eigenvalue weighted by Crippen LogP contribution is -1.91. The van der Waals surface area contributed by atoms with Crippen molar-refractivity contribution in [2.24, 2.45) is 0 Å². The van der Waals surface area contributed by atoms with Gasteiger partial charge in [-0.1, -0.05) is 158 Å². The van der Waals surface area contributed by atoms with Gasteiger partial charge in [-0.2, -0.15) is 0 Å². The lowest BCUT2D eigenvalue weighted by molar-refractivity contribution is 0.669. The van der Waals surface area contributed by atoms with E-state index in [2.05, 4.69) is 140 Å². The third-order valence-corrected chi connectivity index (χ3v) is 9.89. The molecule has 0 spiro atoms. The summed E-state index contributed by atoms with van der Waals surface area (Å²) in [4.78, 5) is 0. The second-order valence-corrected chi connectivity index (χ2v) is 12.7. The highest BCUT2D eigenvalue weighted by Gasteiger charge is 2.17. The molecule has 0 unspecified atom stereocenters. The SMILES string of the molecule is [2H]c1c([2H])c2oc3ccc(-c4ccc(-c5c6ccccc6c(-c6cccc(-c7ccccc7)c6)c6ccccc56)cc4)cc3c2c2ccccc12. The summed E-state index contributed by atoms with van der Waals surface area (Å²) in [5.74, 6) is 0. The Morgan fingerprint density at radius 1 is 0.327 bits per heavy atom. The summed E-state index contributed by atoms with van der Waals surface area (Å²) in [6.45, 7) is 0. The van der Waals surface area contributed by atoms with E-state index >= 15 is 0 Å². The molecule has 0 N–H and O–H groups in total. The summed E-state index contributed by atoms with van der Waals surface area (Å²) >= 11 is 0. The zero-order chi connectivity index (χ0) is 34.1. The summed E-state index contributed by atoms with van der Waals surface area (Å²) in [7, 11) is 0. The van der Waals surface area contributed by atoms with Crippen LogP contribution in [-0.4, -0.2) is 0 Å². The second kappa shape index (κ2) is 11.1. The van der Waals surface area contributed by atoms with E-state index in [1.807, 2.05) is 30.3 Å². The Hall–Kier alpha value is -6.44. The fourth-order valence-corrected chi connectivity index (χ4v) is 7.63. The highest BCUT2D eigenvalue weighted by molar-refractivity contribution is 6.22. The molecule has 0 aliphatic rings. The van der Waals surface area contributed by atoms with Crippen molar-refractivity contribution in [2.75, 3.05) is 0 Å². The standard InChI is InChI=1S/C48H30O/c1-2-11-31(12-3-1)35-14-10-15-37(29-35)47-41-19-8-6-17-39(41)46(40-18-7-9-20-42(40)47)34-23-21-32(22-24-34)36-26-27-44-43(30-36)48-38-16-5-4-13-33(38)25-28-45(48)49-44/h1-30H/i25D,28D. The summed E-state index contributed by atoms with van der Waals surface area (Å²) in [6, 6.07) is 60.3. The molecule has 1 heteroatoms. The van der Waals surface area contributed by atoms with Crippen molar-refractivity contribution in [3.05, 3.63) is 182 Å². The minimum Gasteiger partial charge on any atom is -0.456 e. The summed E-state index contributed by atoms with van der Waals surface area (Å²) < 4.78 is 23.4. The van der Waals surface area contributed by atoms with Gasteiger partial charge in [0.15, 0.2) is 0 Å². The first-order chi connectivity index (χ1) is 25.1. The molecule has 1 heterocycles. The molecule has 0 fully saturated rings. The minimum absolute atomic E-state index is 0.125. The molecule has 10 rings (SSSR count). The van der Waals surface area contributed by atoms with Crippen LogP contribution in [0.4, 0.5) is 0 Å². The quantitative estimate of drug-likeness (QED) is 0.178. The van der Waals surface area contributed by atoms with Crippen molar-refractivity contribution in [3.63, 3.8) is 0 Å². The predicted octanol–water partition coefficient (Wildman–Crippen LogP) is 13.7. The first-order valence-corrected chi connectivity index (χ1v) is 16.7. The van der Waals surface area contributed by atoms with Crippen molar-refractivity contribution in [1.82, 2.24) is 0 Å². The predicted molar refractivity (Wildman–Crippen MR) is 208 cm³/mol. The van der Waals surface area contributed by atoms with E-state index in [1.165, 1.54) is 54.9 Å². The maximum atomic E-state index is 8.67. The molecular formula is C48H30O. The van der Waals surface area contributed by atoms with Crippen molar-refractivity contribution in [2.45, 2.75) is 0 Å². The molecule has 1 aromatic heterocycles. The minimum atomic E-state index is 0.125. The zero-order valence-electron chi connectivity index (χ0n) is 28.6. The Balaban J connectivity index is 1.12. The van der Waals surface area contributed by atoms with E-state index in [0.717, 1.165) is 38.3 Å². The maximum absolute atomic E-state index is 8.67. The molecule has 0 radical (unpaired) electrons. The smallest absolute Gasteiger partial charge is 0.136 e. The van der Waals surface area contributed by atoms with Gasteiger partial charge in [-0.3, -0.25) is 0 Å². The fraction of sp³-hybridized carbons (Fsp3) is 0. The normalized spacial score (nSPS) is 12.2. The van der Waals surface area contributed by atoms with Gasteiger partial charge in [0.25, 0.3) is 0 Å². The molecule has 0 aliphatic carbocycles. The Morgan fingerprint density at radius 2 is 0.837 bits per heavy atom. The number of furan rings is 1. The van der Waals surface area contributed by atoms with E-state index in [1.54, 1.807) is 0 Å². The van der Waals surface area contributed by atoms with Crippen LogP contribution in [0.25, 0.3) is 98.8 Å². The van der Waals surface area contributed by atoms with Crippen LogP contribution in [0.2, 0.25) is 0 Å². The molecule has 49 heavy (non-hydrogen) atoms. The van der Waals surface area contributed by atoms with Gasteiger partial charge in [0.1, 0.15) is 11.2 Å². The van der Waals surface area contributed by atoms with Gasteiger partial charge in [-0.25, -0.2) is 0 Å². The highest BCUT2D eigenvalue weighted by atomic mass is 16.3. The average molecular weight is 625 g/mol. The van der Waals surface area contributed by atoms with Crippen LogP contribution in [0, 0.1) is 0 Å². The van der Waals surface area contributed by atoms with Crippen molar-refractivity contribution in [3.8, 4) is 44.5 Å². The van der Waals surface area contributed by atoms with Gasteiger partial charge >= 0.3 is 0 Å². The number of hydrogen-bond donors (Lipinski definition) is 0. The molecule has 0 saturated carbocycles. The van der Waals surface area contributed by atoms with Gasteiger partial charge in [-0.15, -0.1) is 0 Å². The molecule has 0 saturated heterocycles. The molecule has 228 valence electrons. The van der Waals surface area contributed by atoms with Crippen molar-refractivity contribution in [1.29, 1.82) is 0 Å². The Kier molecular flexibility index (Phi) is 5.79. The first kappa shape index (κ1) is 25.6. The van der Waals surface area contributed by atoms with E-state index in [4.69, 9.17) is 7.16 Å². The van der Waals surface area contributed by atoms with Crippen LogP contribution >= 0.6 is 0 Å². The molecule has 10 aromatic rings. The van der Waals surface area contributed by atoms with Gasteiger partial charge in [0, 0.05) is 10.8 Å². The van der Waals surface area contributed by atoms with E-state index < -0.39 is 0 Å². The van der Waals surface area contributed by atoms with E-state index in [-0.39, 0.29) is 12.1 Å². The molecule has 0 bridgehead atoms. The van der Waals surface area contributed by atoms with Gasteiger partial charge in [0.05, 0.1) is 2.74 Å². The molecule has 0 atom stereocenters. The summed E-state index contributed by atoms with van der Waals surface area (Å²) in [6.07, 6.45) is 0. The van der Waals surface area contributed by atoms with Crippen LogP contribution in [0.3, 0.4) is 0 Å².